The fourth-order valence-electron chi connectivity index (χ4n) is 3.27. The maximum atomic E-state index is 3.54. The summed E-state index contributed by atoms with van der Waals surface area (Å²) in [6, 6.07) is 5.34. The summed E-state index contributed by atoms with van der Waals surface area (Å²) < 4.78 is 0. The third kappa shape index (κ3) is 2.85. The van der Waals surface area contributed by atoms with Crippen LogP contribution in [0.4, 0.5) is 5.69 Å². The van der Waals surface area contributed by atoms with Gasteiger partial charge in [-0.3, -0.25) is 0 Å². The number of hydrogen-bond donors (Lipinski definition) is 1. The molecule has 1 aromatic rings. The second-order valence-corrected chi connectivity index (χ2v) is 7.35. The Morgan fingerprint density at radius 3 is 2.60 bits per heavy atom. The molecule has 0 aromatic heterocycles. The lowest BCUT2D eigenvalue weighted by molar-refractivity contribution is 0.395. The summed E-state index contributed by atoms with van der Waals surface area (Å²) in [6.45, 7) is 14.7. The molecular formula is C18H30N2. The number of fused-ring (bicyclic) bond motifs is 1. The van der Waals surface area contributed by atoms with E-state index in [4.69, 9.17) is 0 Å². The molecule has 0 spiro atoms. The molecule has 2 rings (SSSR count). The van der Waals surface area contributed by atoms with Gasteiger partial charge in [-0.05, 0) is 55.9 Å². The summed E-state index contributed by atoms with van der Waals surface area (Å²) >= 11 is 0. The van der Waals surface area contributed by atoms with Gasteiger partial charge >= 0.3 is 0 Å². The van der Waals surface area contributed by atoms with Gasteiger partial charge in [0.15, 0.2) is 0 Å². The van der Waals surface area contributed by atoms with Gasteiger partial charge in [-0.25, -0.2) is 0 Å². The van der Waals surface area contributed by atoms with Gasteiger partial charge in [-0.15, -0.1) is 0 Å². The molecule has 0 bridgehead atoms. The van der Waals surface area contributed by atoms with Gasteiger partial charge in [0.2, 0.25) is 0 Å². The van der Waals surface area contributed by atoms with Crippen molar-refractivity contribution >= 4 is 5.69 Å². The van der Waals surface area contributed by atoms with Gasteiger partial charge in [-0.2, -0.15) is 0 Å². The van der Waals surface area contributed by atoms with Crippen molar-refractivity contribution in [3.05, 3.63) is 28.8 Å². The number of hydrogen-bond acceptors (Lipinski definition) is 2. The van der Waals surface area contributed by atoms with E-state index in [1.54, 1.807) is 0 Å². The first-order chi connectivity index (χ1) is 9.22. The Morgan fingerprint density at radius 2 is 2.00 bits per heavy atom. The van der Waals surface area contributed by atoms with E-state index < -0.39 is 0 Å². The van der Waals surface area contributed by atoms with Crippen molar-refractivity contribution in [2.45, 2.75) is 72.0 Å². The molecule has 0 fully saturated rings. The molecule has 0 aliphatic carbocycles. The first-order valence-corrected chi connectivity index (χ1v) is 7.83. The lowest BCUT2D eigenvalue weighted by atomic mass is 9.79. The Labute approximate surface area is 124 Å². The van der Waals surface area contributed by atoms with Crippen LogP contribution in [0.15, 0.2) is 12.1 Å². The van der Waals surface area contributed by atoms with Crippen molar-refractivity contribution in [3.8, 4) is 0 Å². The van der Waals surface area contributed by atoms with E-state index in [0.29, 0.717) is 12.0 Å². The van der Waals surface area contributed by atoms with Crippen LogP contribution in [-0.4, -0.2) is 18.6 Å². The van der Waals surface area contributed by atoms with E-state index in [-0.39, 0.29) is 5.54 Å². The van der Waals surface area contributed by atoms with Gasteiger partial charge in [0, 0.05) is 30.9 Å². The standard InChI is InChI=1S/C18H30N2/c1-12(2)19-11-15-9-16-14(4)10-18(5,6)20(7)17(16)8-13(15)3/h8-9,12,14,19H,10-11H2,1-7H3. The molecule has 1 aromatic carbocycles. The Hall–Kier alpha value is -1.02. The number of aryl methyl sites for hydroxylation is 1. The molecule has 1 aliphatic heterocycles. The average molecular weight is 274 g/mol. The SMILES string of the molecule is Cc1cc2c(cc1CNC(C)C)C(C)CC(C)(C)N2C. The predicted molar refractivity (Wildman–Crippen MR) is 88.7 cm³/mol. The first kappa shape index (κ1) is 15.4. The number of benzene rings is 1. The molecule has 2 nitrogen and oxygen atoms in total. The van der Waals surface area contributed by atoms with Crippen molar-refractivity contribution in [2.24, 2.45) is 0 Å². The largest absolute Gasteiger partial charge is 0.369 e. The molecule has 0 saturated heterocycles. The minimum Gasteiger partial charge on any atom is -0.369 e. The summed E-state index contributed by atoms with van der Waals surface area (Å²) in [5, 5.41) is 3.54. The van der Waals surface area contributed by atoms with Crippen molar-refractivity contribution in [1.29, 1.82) is 0 Å². The lowest BCUT2D eigenvalue weighted by Crippen LogP contribution is -2.45. The van der Waals surface area contributed by atoms with Crippen LogP contribution in [0.25, 0.3) is 0 Å². The van der Waals surface area contributed by atoms with Crippen LogP contribution in [0.5, 0.6) is 0 Å². The zero-order valence-electron chi connectivity index (χ0n) is 14.2. The molecule has 1 atom stereocenters. The van der Waals surface area contributed by atoms with Crippen LogP contribution in [0.2, 0.25) is 0 Å². The highest BCUT2D eigenvalue weighted by Gasteiger charge is 2.34. The highest BCUT2D eigenvalue weighted by molar-refractivity contribution is 5.62. The number of nitrogens with zero attached hydrogens (tertiary/aromatic N) is 1. The lowest BCUT2D eigenvalue weighted by Gasteiger charge is -2.45. The molecule has 20 heavy (non-hydrogen) atoms. The minimum atomic E-state index is 0.247. The molecule has 1 N–H and O–H groups in total. The van der Waals surface area contributed by atoms with Crippen LogP contribution in [0.1, 0.15) is 63.6 Å². The van der Waals surface area contributed by atoms with Crippen LogP contribution in [-0.2, 0) is 6.54 Å². The Kier molecular flexibility index (Phi) is 4.15. The normalized spacial score (nSPS) is 21.2. The number of anilines is 1. The summed E-state index contributed by atoms with van der Waals surface area (Å²) in [5.74, 6) is 0.634. The zero-order chi connectivity index (χ0) is 15.1. The predicted octanol–water partition coefficient (Wildman–Crippen LogP) is 4.22. The molecule has 0 radical (unpaired) electrons. The van der Waals surface area contributed by atoms with E-state index in [1.165, 1.54) is 28.8 Å². The fraction of sp³-hybridized carbons (Fsp3) is 0.667. The number of rotatable bonds is 3. The third-order valence-electron chi connectivity index (χ3n) is 4.79. The Bertz CT molecular complexity index is 488. The van der Waals surface area contributed by atoms with E-state index in [1.807, 2.05) is 0 Å². The first-order valence-electron chi connectivity index (χ1n) is 7.83. The summed E-state index contributed by atoms with van der Waals surface area (Å²) in [4.78, 5) is 2.45. The van der Waals surface area contributed by atoms with Gasteiger partial charge in [0.05, 0.1) is 0 Å². The maximum Gasteiger partial charge on any atom is 0.0406 e. The minimum absolute atomic E-state index is 0.247. The zero-order valence-corrected chi connectivity index (χ0v) is 14.2. The van der Waals surface area contributed by atoms with E-state index >= 15 is 0 Å². The van der Waals surface area contributed by atoms with Gasteiger partial charge < -0.3 is 10.2 Å². The van der Waals surface area contributed by atoms with Crippen LogP contribution < -0.4 is 10.2 Å². The van der Waals surface area contributed by atoms with E-state index in [2.05, 4.69) is 70.9 Å². The van der Waals surface area contributed by atoms with E-state index in [0.717, 1.165) is 6.54 Å². The molecule has 2 heteroatoms. The van der Waals surface area contributed by atoms with Gasteiger partial charge in [0.25, 0.3) is 0 Å². The summed E-state index contributed by atoms with van der Waals surface area (Å²) in [7, 11) is 2.23. The molecule has 0 saturated carbocycles. The highest BCUT2D eigenvalue weighted by atomic mass is 15.2. The summed E-state index contributed by atoms with van der Waals surface area (Å²) in [5.41, 5.74) is 6.01. The fourth-order valence-corrected chi connectivity index (χ4v) is 3.27. The number of nitrogens with one attached hydrogen (secondary N) is 1. The topological polar surface area (TPSA) is 15.3 Å². The monoisotopic (exact) mass is 274 g/mol. The Balaban J connectivity index is 2.38. The smallest absolute Gasteiger partial charge is 0.0406 e. The van der Waals surface area contributed by atoms with Gasteiger partial charge in [0.1, 0.15) is 0 Å². The third-order valence-corrected chi connectivity index (χ3v) is 4.79. The molecule has 1 heterocycles. The maximum absolute atomic E-state index is 3.54. The second-order valence-electron chi connectivity index (χ2n) is 7.35. The average Bonchev–Trinajstić information content (AvgIpc) is 2.33. The second kappa shape index (κ2) is 5.40. The van der Waals surface area contributed by atoms with Crippen LogP contribution >= 0.6 is 0 Å². The van der Waals surface area contributed by atoms with Crippen molar-refractivity contribution in [1.82, 2.24) is 5.32 Å². The van der Waals surface area contributed by atoms with Crippen LogP contribution in [0.3, 0.4) is 0 Å². The molecule has 0 amide bonds. The van der Waals surface area contributed by atoms with Crippen molar-refractivity contribution in [3.63, 3.8) is 0 Å². The van der Waals surface area contributed by atoms with Crippen molar-refractivity contribution in [2.75, 3.05) is 11.9 Å². The van der Waals surface area contributed by atoms with Crippen LogP contribution in [0, 0.1) is 6.92 Å². The molecule has 1 unspecified atom stereocenters. The molecule has 112 valence electrons. The highest BCUT2D eigenvalue weighted by Crippen LogP contribution is 2.43. The Morgan fingerprint density at radius 1 is 1.35 bits per heavy atom. The quantitative estimate of drug-likeness (QED) is 0.888. The molecule has 1 aliphatic rings. The summed E-state index contributed by atoms with van der Waals surface area (Å²) in [6.07, 6.45) is 1.22. The van der Waals surface area contributed by atoms with E-state index in [9.17, 15) is 0 Å². The van der Waals surface area contributed by atoms with Crippen molar-refractivity contribution < 1.29 is 0 Å². The molecular weight excluding hydrogens is 244 g/mol. The van der Waals surface area contributed by atoms with Gasteiger partial charge in [-0.1, -0.05) is 26.8 Å².